The largest absolute Gasteiger partial charge is 0.435 e. The predicted molar refractivity (Wildman–Crippen MR) is 85.9 cm³/mol. The number of fused-ring (bicyclic) bond motifs is 1. The van der Waals surface area contributed by atoms with Crippen molar-refractivity contribution >= 4 is 11.8 Å². The van der Waals surface area contributed by atoms with E-state index in [4.69, 9.17) is 4.52 Å². The lowest BCUT2D eigenvalue weighted by molar-refractivity contribution is -0.0498. The minimum absolute atomic E-state index is 0.187. The van der Waals surface area contributed by atoms with Gasteiger partial charge in [0.2, 0.25) is 0 Å². The number of ether oxygens (including phenoxy) is 1. The van der Waals surface area contributed by atoms with Gasteiger partial charge in [0, 0.05) is 23.0 Å². The fourth-order valence-corrected chi connectivity index (χ4v) is 3.77. The first-order valence-electron chi connectivity index (χ1n) is 7.76. The number of aromatic nitrogens is 1. The summed E-state index contributed by atoms with van der Waals surface area (Å²) in [6, 6.07) is 6.81. The fraction of sp³-hybridized carbons (Fsp3) is 0.471. The minimum Gasteiger partial charge on any atom is -0.435 e. The highest BCUT2D eigenvalue weighted by Crippen LogP contribution is 2.34. The van der Waals surface area contributed by atoms with Crippen molar-refractivity contribution in [1.82, 2.24) is 5.16 Å². The fourth-order valence-electron chi connectivity index (χ4n) is 2.78. The highest BCUT2D eigenvalue weighted by Gasteiger charge is 2.20. The van der Waals surface area contributed by atoms with Gasteiger partial charge in [-0.3, -0.25) is 0 Å². The molecule has 0 saturated heterocycles. The van der Waals surface area contributed by atoms with E-state index in [0.29, 0.717) is 0 Å². The molecule has 0 radical (unpaired) electrons. The SMILES string of the molecule is CC(SCc1noc2c1CCCC2)c1ccc(OC(F)F)cc1. The average molecular weight is 339 g/mol. The average Bonchev–Trinajstić information content (AvgIpc) is 2.96. The molecule has 3 nitrogen and oxygen atoms in total. The van der Waals surface area contributed by atoms with Crippen molar-refractivity contribution in [1.29, 1.82) is 0 Å². The Kier molecular flexibility index (Phi) is 5.20. The monoisotopic (exact) mass is 339 g/mol. The number of halogens is 2. The zero-order chi connectivity index (χ0) is 16.2. The maximum atomic E-state index is 12.2. The molecule has 1 unspecified atom stereocenters. The summed E-state index contributed by atoms with van der Waals surface area (Å²) in [7, 11) is 0. The maximum Gasteiger partial charge on any atom is 0.387 e. The number of thioether (sulfide) groups is 1. The number of hydrogen-bond acceptors (Lipinski definition) is 4. The quantitative estimate of drug-likeness (QED) is 0.729. The van der Waals surface area contributed by atoms with Gasteiger partial charge in [-0.25, -0.2) is 0 Å². The summed E-state index contributed by atoms with van der Waals surface area (Å²) in [6.07, 6.45) is 4.43. The molecule has 1 aromatic heterocycles. The number of aryl methyl sites for hydroxylation is 1. The van der Waals surface area contributed by atoms with Gasteiger partial charge in [0.05, 0.1) is 5.69 Å². The smallest absolute Gasteiger partial charge is 0.387 e. The number of nitrogens with zero attached hydrogens (tertiary/aromatic N) is 1. The Bertz CT molecular complexity index is 643. The molecule has 23 heavy (non-hydrogen) atoms. The Morgan fingerprint density at radius 3 is 2.70 bits per heavy atom. The lowest BCUT2D eigenvalue weighted by Gasteiger charge is -2.13. The highest BCUT2D eigenvalue weighted by atomic mass is 32.2. The second-order valence-corrected chi connectivity index (χ2v) is 6.97. The molecule has 0 saturated carbocycles. The van der Waals surface area contributed by atoms with E-state index in [1.165, 1.54) is 18.4 Å². The van der Waals surface area contributed by atoms with E-state index in [9.17, 15) is 8.78 Å². The second-order valence-electron chi connectivity index (χ2n) is 5.64. The third kappa shape index (κ3) is 4.05. The van der Waals surface area contributed by atoms with Crippen LogP contribution in [0.15, 0.2) is 28.8 Å². The molecule has 1 aromatic carbocycles. The van der Waals surface area contributed by atoms with Crippen LogP contribution >= 0.6 is 11.8 Å². The van der Waals surface area contributed by atoms with Crippen molar-refractivity contribution in [3.05, 3.63) is 46.8 Å². The van der Waals surface area contributed by atoms with Crippen LogP contribution in [0.2, 0.25) is 0 Å². The van der Waals surface area contributed by atoms with Gasteiger partial charge < -0.3 is 9.26 Å². The van der Waals surface area contributed by atoms with Crippen molar-refractivity contribution in [2.24, 2.45) is 0 Å². The summed E-state index contributed by atoms with van der Waals surface area (Å²) in [5.74, 6) is 2.04. The van der Waals surface area contributed by atoms with Crippen LogP contribution in [0.1, 0.15) is 47.6 Å². The van der Waals surface area contributed by atoms with E-state index in [1.54, 1.807) is 23.9 Å². The summed E-state index contributed by atoms with van der Waals surface area (Å²) in [4.78, 5) is 0. The van der Waals surface area contributed by atoms with Crippen LogP contribution in [-0.2, 0) is 18.6 Å². The van der Waals surface area contributed by atoms with Gasteiger partial charge >= 0.3 is 6.61 Å². The Morgan fingerprint density at radius 1 is 1.22 bits per heavy atom. The normalized spacial score (nSPS) is 15.5. The summed E-state index contributed by atoms with van der Waals surface area (Å²) in [6.45, 7) is -0.689. The first kappa shape index (κ1) is 16.3. The molecule has 3 rings (SSSR count). The molecule has 2 aromatic rings. The molecule has 1 aliphatic rings. The van der Waals surface area contributed by atoms with Gasteiger partial charge in [-0.1, -0.05) is 17.3 Å². The van der Waals surface area contributed by atoms with Crippen molar-refractivity contribution in [2.75, 3.05) is 0 Å². The Labute approximate surface area is 138 Å². The zero-order valence-electron chi connectivity index (χ0n) is 12.9. The third-order valence-corrected chi connectivity index (χ3v) is 5.29. The molecular formula is C17H19F2NO2S. The van der Waals surface area contributed by atoms with Crippen molar-refractivity contribution < 1.29 is 18.0 Å². The number of hydrogen-bond donors (Lipinski definition) is 0. The molecule has 1 aliphatic carbocycles. The Morgan fingerprint density at radius 2 is 1.96 bits per heavy atom. The van der Waals surface area contributed by atoms with Crippen molar-refractivity contribution in [3.8, 4) is 5.75 Å². The highest BCUT2D eigenvalue weighted by molar-refractivity contribution is 7.98. The van der Waals surface area contributed by atoms with Gasteiger partial charge in [0.15, 0.2) is 0 Å². The van der Waals surface area contributed by atoms with Crippen LogP contribution < -0.4 is 4.74 Å². The zero-order valence-corrected chi connectivity index (χ0v) is 13.7. The summed E-state index contributed by atoms with van der Waals surface area (Å²) in [5.41, 5.74) is 3.42. The molecule has 1 atom stereocenters. The number of rotatable bonds is 6. The van der Waals surface area contributed by atoms with Crippen LogP contribution in [0.4, 0.5) is 8.78 Å². The molecule has 0 bridgehead atoms. The van der Waals surface area contributed by atoms with E-state index in [2.05, 4.69) is 16.8 Å². The standard InChI is InChI=1S/C17H19F2NO2S/c1-11(12-6-8-13(9-7-12)21-17(18)19)23-10-15-14-4-2-3-5-16(14)22-20-15/h6-9,11,17H,2-5,10H2,1H3. The minimum atomic E-state index is -2.79. The molecule has 1 heterocycles. The lowest BCUT2D eigenvalue weighted by Crippen LogP contribution is -2.02. The van der Waals surface area contributed by atoms with Gasteiger partial charge in [-0.15, -0.1) is 11.8 Å². The third-order valence-electron chi connectivity index (χ3n) is 4.08. The van der Waals surface area contributed by atoms with Gasteiger partial charge in [-0.05, 0) is 43.9 Å². The molecule has 0 aliphatic heterocycles. The molecule has 0 spiro atoms. The molecular weight excluding hydrogens is 320 g/mol. The Balaban J connectivity index is 1.59. The lowest BCUT2D eigenvalue weighted by atomic mass is 9.97. The van der Waals surface area contributed by atoms with Crippen LogP contribution in [0.3, 0.4) is 0 Å². The van der Waals surface area contributed by atoms with E-state index < -0.39 is 6.61 Å². The summed E-state index contributed by atoms with van der Waals surface area (Å²) >= 11 is 1.77. The molecule has 0 fully saturated rings. The van der Waals surface area contributed by atoms with Crippen LogP contribution in [0, 0.1) is 0 Å². The first-order valence-corrected chi connectivity index (χ1v) is 8.81. The van der Waals surface area contributed by atoms with E-state index in [-0.39, 0.29) is 11.0 Å². The maximum absolute atomic E-state index is 12.2. The van der Waals surface area contributed by atoms with E-state index >= 15 is 0 Å². The van der Waals surface area contributed by atoms with Crippen LogP contribution in [0.5, 0.6) is 5.75 Å². The van der Waals surface area contributed by atoms with Gasteiger partial charge in [0.25, 0.3) is 0 Å². The summed E-state index contributed by atoms with van der Waals surface area (Å²) < 4.78 is 34.1. The van der Waals surface area contributed by atoms with Gasteiger partial charge in [0.1, 0.15) is 11.5 Å². The predicted octanol–water partition coefficient (Wildman–Crippen LogP) is 5.15. The van der Waals surface area contributed by atoms with Crippen molar-refractivity contribution in [3.63, 3.8) is 0 Å². The Hall–Kier alpha value is -1.56. The van der Waals surface area contributed by atoms with E-state index in [0.717, 1.165) is 35.6 Å². The number of alkyl halides is 2. The van der Waals surface area contributed by atoms with E-state index in [1.807, 2.05) is 12.1 Å². The summed E-state index contributed by atoms with van der Waals surface area (Å²) in [5, 5.41) is 4.45. The van der Waals surface area contributed by atoms with Crippen LogP contribution in [-0.4, -0.2) is 11.8 Å². The van der Waals surface area contributed by atoms with Gasteiger partial charge in [-0.2, -0.15) is 8.78 Å². The molecule has 0 amide bonds. The first-order chi connectivity index (χ1) is 11.1. The topological polar surface area (TPSA) is 35.3 Å². The van der Waals surface area contributed by atoms with Crippen LogP contribution in [0.25, 0.3) is 0 Å². The molecule has 0 N–H and O–H groups in total. The molecule has 124 valence electrons. The second kappa shape index (κ2) is 7.34. The number of benzene rings is 1. The van der Waals surface area contributed by atoms with Crippen molar-refractivity contribution in [2.45, 2.75) is 50.2 Å². The molecule has 6 heteroatoms.